The second-order valence-corrected chi connectivity index (χ2v) is 5.72. The van der Waals surface area contributed by atoms with Gasteiger partial charge in [-0.25, -0.2) is 13.1 Å². The highest BCUT2D eigenvalue weighted by atomic mass is 32.2. The van der Waals surface area contributed by atoms with Gasteiger partial charge in [0.15, 0.2) is 0 Å². The lowest BCUT2D eigenvalue weighted by molar-refractivity contribution is 0.564. The van der Waals surface area contributed by atoms with E-state index in [-0.39, 0.29) is 4.90 Å². The molecule has 0 spiro atoms. The first-order valence-electron chi connectivity index (χ1n) is 5.97. The predicted molar refractivity (Wildman–Crippen MR) is 73.3 cm³/mol. The van der Waals surface area contributed by atoms with Crippen LogP contribution in [0.4, 0.5) is 5.69 Å². The number of anilines is 1. The third-order valence-corrected chi connectivity index (χ3v) is 4.18. The third kappa shape index (κ3) is 3.36. The van der Waals surface area contributed by atoms with Gasteiger partial charge in [-0.05, 0) is 18.2 Å². The maximum atomic E-state index is 12.0. The van der Waals surface area contributed by atoms with E-state index in [0.717, 1.165) is 5.56 Å². The molecule has 2 rings (SSSR count). The Morgan fingerprint density at radius 1 is 1.21 bits per heavy atom. The van der Waals surface area contributed by atoms with Crippen molar-refractivity contribution in [2.24, 2.45) is 0 Å². The predicted octanol–water partition coefficient (Wildman–Crippen LogP) is 2.19. The zero-order valence-corrected chi connectivity index (χ0v) is 11.4. The molecule has 0 saturated heterocycles. The molecule has 0 bridgehead atoms. The summed E-state index contributed by atoms with van der Waals surface area (Å²) in [7, 11) is -3.47. The van der Waals surface area contributed by atoms with Crippen LogP contribution in [0.1, 0.15) is 12.5 Å². The minimum atomic E-state index is -3.47. The molecule has 0 unspecified atom stereocenters. The number of furan rings is 1. The number of rotatable bonds is 6. The standard InChI is InChI=1S/C13H16N2O3S/c1-2-15-19(16,17)13-6-4-3-5-12(13)14-9-11-7-8-18-10-11/h3-8,10,14-15H,2,9H2,1H3. The monoisotopic (exact) mass is 280 g/mol. The largest absolute Gasteiger partial charge is 0.472 e. The van der Waals surface area contributed by atoms with Crippen LogP contribution in [0.5, 0.6) is 0 Å². The van der Waals surface area contributed by atoms with Gasteiger partial charge < -0.3 is 9.73 Å². The lowest BCUT2D eigenvalue weighted by Gasteiger charge is -2.12. The number of hydrogen-bond acceptors (Lipinski definition) is 4. The summed E-state index contributed by atoms with van der Waals surface area (Å²) in [5.74, 6) is 0. The molecule has 102 valence electrons. The molecule has 5 nitrogen and oxygen atoms in total. The molecule has 0 atom stereocenters. The summed E-state index contributed by atoms with van der Waals surface area (Å²) in [5, 5.41) is 3.10. The molecule has 0 aliphatic rings. The highest BCUT2D eigenvalue weighted by molar-refractivity contribution is 7.89. The fourth-order valence-electron chi connectivity index (χ4n) is 1.71. The Hall–Kier alpha value is -1.79. The first kappa shape index (κ1) is 13.6. The Balaban J connectivity index is 2.21. The summed E-state index contributed by atoms with van der Waals surface area (Å²) in [6.07, 6.45) is 3.20. The van der Waals surface area contributed by atoms with Crippen molar-refractivity contribution >= 4 is 15.7 Å². The molecule has 0 amide bonds. The smallest absolute Gasteiger partial charge is 0.242 e. The molecule has 1 aromatic carbocycles. The van der Waals surface area contributed by atoms with Crippen molar-refractivity contribution < 1.29 is 12.8 Å². The van der Waals surface area contributed by atoms with Gasteiger partial charge in [0, 0.05) is 18.7 Å². The Labute approximate surface area is 112 Å². The molecule has 6 heteroatoms. The first-order chi connectivity index (χ1) is 9.13. The highest BCUT2D eigenvalue weighted by Gasteiger charge is 2.16. The average Bonchev–Trinajstić information content (AvgIpc) is 2.90. The van der Waals surface area contributed by atoms with E-state index in [1.54, 1.807) is 43.7 Å². The average molecular weight is 280 g/mol. The van der Waals surface area contributed by atoms with Crippen molar-refractivity contribution in [3.63, 3.8) is 0 Å². The Morgan fingerprint density at radius 3 is 2.68 bits per heavy atom. The van der Waals surface area contributed by atoms with Crippen molar-refractivity contribution in [3.8, 4) is 0 Å². The van der Waals surface area contributed by atoms with Gasteiger partial charge in [0.25, 0.3) is 0 Å². The van der Waals surface area contributed by atoms with Crippen LogP contribution in [-0.4, -0.2) is 15.0 Å². The molecule has 19 heavy (non-hydrogen) atoms. The SMILES string of the molecule is CCNS(=O)(=O)c1ccccc1NCc1ccoc1. The van der Waals surface area contributed by atoms with E-state index in [1.165, 1.54) is 0 Å². The van der Waals surface area contributed by atoms with Gasteiger partial charge in [-0.2, -0.15) is 0 Å². The molecule has 0 aliphatic carbocycles. The van der Waals surface area contributed by atoms with Crippen LogP contribution in [0.2, 0.25) is 0 Å². The van der Waals surface area contributed by atoms with Crippen molar-refractivity contribution in [2.75, 3.05) is 11.9 Å². The lowest BCUT2D eigenvalue weighted by Crippen LogP contribution is -2.24. The van der Waals surface area contributed by atoms with Crippen LogP contribution in [0.3, 0.4) is 0 Å². The van der Waals surface area contributed by atoms with E-state index in [2.05, 4.69) is 10.0 Å². The van der Waals surface area contributed by atoms with E-state index in [4.69, 9.17) is 4.42 Å². The summed E-state index contributed by atoms with van der Waals surface area (Å²) >= 11 is 0. The molecule has 0 saturated carbocycles. The van der Waals surface area contributed by atoms with Crippen LogP contribution >= 0.6 is 0 Å². The minimum absolute atomic E-state index is 0.250. The highest BCUT2D eigenvalue weighted by Crippen LogP contribution is 2.21. The first-order valence-corrected chi connectivity index (χ1v) is 7.45. The fourth-order valence-corrected chi connectivity index (χ4v) is 2.93. The van der Waals surface area contributed by atoms with E-state index >= 15 is 0 Å². The van der Waals surface area contributed by atoms with Crippen LogP contribution in [-0.2, 0) is 16.6 Å². The molecule has 1 aromatic heterocycles. The van der Waals surface area contributed by atoms with E-state index in [9.17, 15) is 8.42 Å². The summed E-state index contributed by atoms with van der Waals surface area (Å²) < 4.78 is 31.5. The summed E-state index contributed by atoms with van der Waals surface area (Å²) in [6.45, 7) is 2.62. The van der Waals surface area contributed by atoms with Crippen LogP contribution in [0.15, 0.2) is 52.2 Å². The molecular weight excluding hydrogens is 264 g/mol. The number of nitrogens with one attached hydrogen (secondary N) is 2. The van der Waals surface area contributed by atoms with E-state index < -0.39 is 10.0 Å². The van der Waals surface area contributed by atoms with E-state index in [1.807, 2.05) is 6.07 Å². The van der Waals surface area contributed by atoms with Crippen molar-refractivity contribution in [1.29, 1.82) is 0 Å². The quantitative estimate of drug-likeness (QED) is 0.851. The number of hydrogen-bond donors (Lipinski definition) is 2. The normalized spacial score (nSPS) is 11.4. The van der Waals surface area contributed by atoms with Crippen LogP contribution in [0.25, 0.3) is 0 Å². The number of benzene rings is 1. The second-order valence-electron chi connectivity index (χ2n) is 3.98. The van der Waals surface area contributed by atoms with Gasteiger partial charge in [0.1, 0.15) is 4.90 Å². The van der Waals surface area contributed by atoms with Gasteiger partial charge in [-0.3, -0.25) is 0 Å². The third-order valence-electron chi connectivity index (χ3n) is 2.57. The van der Waals surface area contributed by atoms with Gasteiger partial charge in [0.2, 0.25) is 10.0 Å². The Bertz CT molecular complexity index is 621. The zero-order valence-electron chi connectivity index (χ0n) is 10.6. The van der Waals surface area contributed by atoms with Crippen LogP contribution in [0, 0.1) is 0 Å². The molecular formula is C13H16N2O3S. The Morgan fingerprint density at radius 2 is 2.00 bits per heavy atom. The maximum Gasteiger partial charge on any atom is 0.242 e. The lowest BCUT2D eigenvalue weighted by atomic mass is 10.3. The van der Waals surface area contributed by atoms with Gasteiger partial charge in [0.05, 0.1) is 18.2 Å². The molecule has 0 radical (unpaired) electrons. The molecule has 0 fully saturated rings. The van der Waals surface area contributed by atoms with Gasteiger partial charge in [-0.1, -0.05) is 19.1 Å². The molecule has 0 aliphatic heterocycles. The Kier molecular flexibility index (Phi) is 4.24. The van der Waals surface area contributed by atoms with Crippen molar-refractivity contribution in [3.05, 3.63) is 48.4 Å². The van der Waals surface area contributed by atoms with Crippen molar-refractivity contribution in [2.45, 2.75) is 18.4 Å². The second kappa shape index (κ2) is 5.90. The van der Waals surface area contributed by atoms with Gasteiger partial charge in [-0.15, -0.1) is 0 Å². The summed E-state index contributed by atoms with van der Waals surface area (Å²) in [4.78, 5) is 0.250. The minimum Gasteiger partial charge on any atom is -0.472 e. The molecule has 2 N–H and O–H groups in total. The van der Waals surface area contributed by atoms with Crippen molar-refractivity contribution in [1.82, 2.24) is 4.72 Å². The number of para-hydroxylation sites is 1. The summed E-state index contributed by atoms with van der Waals surface area (Å²) in [5.41, 5.74) is 1.53. The molecule has 2 aromatic rings. The van der Waals surface area contributed by atoms with Gasteiger partial charge >= 0.3 is 0 Å². The topological polar surface area (TPSA) is 71.3 Å². The summed E-state index contributed by atoms with van der Waals surface area (Å²) in [6, 6.07) is 8.64. The fraction of sp³-hybridized carbons (Fsp3) is 0.231. The zero-order chi connectivity index (χ0) is 13.7. The van der Waals surface area contributed by atoms with E-state index in [0.29, 0.717) is 18.8 Å². The number of sulfonamides is 1. The maximum absolute atomic E-state index is 12.0. The van der Waals surface area contributed by atoms with Crippen LogP contribution < -0.4 is 10.0 Å². The molecule has 1 heterocycles.